The van der Waals surface area contributed by atoms with E-state index in [0.29, 0.717) is 22.9 Å². The molecule has 0 saturated carbocycles. The summed E-state index contributed by atoms with van der Waals surface area (Å²) in [5.74, 6) is 1.86. The molecule has 1 N–H and O–H groups in total. The molecule has 1 heterocycles. The molecule has 0 unspecified atom stereocenters. The predicted molar refractivity (Wildman–Crippen MR) is 110 cm³/mol. The number of hydrogen-bond acceptors (Lipinski definition) is 4. The van der Waals surface area contributed by atoms with E-state index in [-0.39, 0.29) is 18.5 Å². The van der Waals surface area contributed by atoms with Gasteiger partial charge in [-0.05, 0) is 62.2 Å². The molecule has 0 aliphatic rings. The lowest BCUT2D eigenvalue weighted by molar-refractivity contribution is 0.230. The number of benzene rings is 2. The minimum atomic E-state index is 0. The fourth-order valence-corrected chi connectivity index (χ4v) is 2.70. The number of aromatic nitrogens is 2. The third kappa shape index (κ3) is 4.60. The fourth-order valence-electron chi connectivity index (χ4n) is 2.70. The van der Waals surface area contributed by atoms with Gasteiger partial charge >= 0.3 is 0 Å². The molecule has 0 aliphatic heterocycles. The molecule has 0 aliphatic carbocycles. The third-order valence-corrected chi connectivity index (χ3v) is 3.87. The highest BCUT2D eigenvalue weighted by molar-refractivity contribution is 5.90. The fraction of sp³-hybridized carbons (Fsp3) is 0.238. The maximum Gasteiger partial charge on any atom is 0.161 e. The first-order valence-electron chi connectivity index (χ1n) is 8.43. The summed E-state index contributed by atoms with van der Waals surface area (Å²) in [7, 11) is 1.60. The molecule has 1 aromatic heterocycles. The summed E-state index contributed by atoms with van der Waals surface area (Å²) >= 11 is 0. The SMILES string of the molecule is COc1cc(C=C(C#N)c2nc3ccc(C)cc3[nH]2)ccc1OC(C)C.Cl. The number of H-pyrrole nitrogens is 1. The number of halogens is 1. The molecule has 140 valence electrons. The van der Waals surface area contributed by atoms with Crippen LogP contribution in [0.3, 0.4) is 0 Å². The normalized spacial score (nSPS) is 11.2. The molecule has 0 fully saturated rings. The van der Waals surface area contributed by atoms with Gasteiger partial charge in [0.1, 0.15) is 11.9 Å². The number of aromatic amines is 1. The van der Waals surface area contributed by atoms with Gasteiger partial charge in [-0.25, -0.2) is 4.98 Å². The zero-order valence-corrected chi connectivity index (χ0v) is 16.6. The van der Waals surface area contributed by atoms with Crippen LogP contribution in [0.5, 0.6) is 11.5 Å². The van der Waals surface area contributed by atoms with Crippen molar-refractivity contribution in [1.29, 1.82) is 5.26 Å². The Balaban J connectivity index is 0.00000261. The number of hydrogen-bond donors (Lipinski definition) is 1. The number of aryl methyl sites for hydroxylation is 1. The summed E-state index contributed by atoms with van der Waals surface area (Å²) in [6, 6.07) is 13.8. The van der Waals surface area contributed by atoms with E-state index in [0.717, 1.165) is 22.2 Å². The van der Waals surface area contributed by atoms with Crippen LogP contribution in [0.4, 0.5) is 0 Å². The van der Waals surface area contributed by atoms with Crippen molar-refractivity contribution < 1.29 is 9.47 Å². The van der Waals surface area contributed by atoms with Crippen molar-refractivity contribution in [2.24, 2.45) is 0 Å². The van der Waals surface area contributed by atoms with Gasteiger partial charge in [0.2, 0.25) is 0 Å². The van der Waals surface area contributed by atoms with Crippen molar-refractivity contribution in [2.45, 2.75) is 26.9 Å². The maximum atomic E-state index is 9.59. The third-order valence-electron chi connectivity index (χ3n) is 3.87. The van der Waals surface area contributed by atoms with Crippen LogP contribution in [0.1, 0.15) is 30.8 Å². The summed E-state index contributed by atoms with van der Waals surface area (Å²) in [5, 5.41) is 9.59. The summed E-state index contributed by atoms with van der Waals surface area (Å²) in [6.45, 7) is 5.95. The lowest BCUT2D eigenvalue weighted by Crippen LogP contribution is -2.06. The average molecular weight is 384 g/mol. The van der Waals surface area contributed by atoms with E-state index in [1.807, 2.05) is 57.2 Å². The Morgan fingerprint density at radius 3 is 2.63 bits per heavy atom. The summed E-state index contributed by atoms with van der Waals surface area (Å²) in [4.78, 5) is 7.73. The van der Waals surface area contributed by atoms with Crippen molar-refractivity contribution in [1.82, 2.24) is 9.97 Å². The van der Waals surface area contributed by atoms with Crippen molar-refractivity contribution in [2.75, 3.05) is 7.11 Å². The number of imidazole rings is 1. The van der Waals surface area contributed by atoms with Gasteiger partial charge in [0, 0.05) is 0 Å². The van der Waals surface area contributed by atoms with Crippen LogP contribution >= 0.6 is 12.4 Å². The number of nitriles is 1. The number of rotatable bonds is 5. The highest BCUT2D eigenvalue weighted by Gasteiger charge is 2.10. The standard InChI is InChI=1S/C21H21N3O2.ClH/c1-13(2)26-19-8-6-15(11-20(19)25-4)10-16(12-22)21-23-17-7-5-14(3)9-18(17)24-21;/h5-11,13H,1-4H3,(H,23,24);1H. The second-order valence-corrected chi connectivity index (χ2v) is 6.35. The highest BCUT2D eigenvalue weighted by atomic mass is 35.5. The van der Waals surface area contributed by atoms with Crippen molar-refractivity contribution in [3.05, 3.63) is 53.3 Å². The van der Waals surface area contributed by atoms with Gasteiger partial charge in [0.25, 0.3) is 0 Å². The number of allylic oxidation sites excluding steroid dienone is 1. The highest BCUT2D eigenvalue weighted by Crippen LogP contribution is 2.30. The minimum absolute atomic E-state index is 0. The molecular weight excluding hydrogens is 362 g/mol. The smallest absolute Gasteiger partial charge is 0.161 e. The van der Waals surface area contributed by atoms with E-state index < -0.39 is 0 Å². The molecule has 0 bridgehead atoms. The molecule has 0 amide bonds. The molecule has 6 heteroatoms. The Morgan fingerprint density at radius 1 is 1.19 bits per heavy atom. The van der Waals surface area contributed by atoms with Gasteiger partial charge in [0.05, 0.1) is 29.8 Å². The van der Waals surface area contributed by atoms with E-state index in [1.165, 1.54) is 0 Å². The van der Waals surface area contributed by atoms with Gasteiger partial charge in [-0.1, -0.05) is 12.1 Å². The quantitative estimate of drug-likeness (QED) is 0.618. The summed E-state index contributed by atoms with van der Waals surface area (Å²) in [5.41, 5.74) is 4.19. The first-order valence-corrected chi connectivity index (χ1v) is 8.43. The van der Waals surface area contributed by atoms with Crippen LogP contribution in [0.2, 0.25) is 0 Å². The monoisotopic (exact) mass is 383 g/mol. The number of methoxy groups -OCH3 is 1. The van der Waals surface area contributed by atoms with Crippen molar-refractivity contribution in [3.63, 3.8) is 0 Å². The van der Waals surface area contributed by atoms with E-state index in [2.05, 4.69) is 16.0 Å². The van der Waals surface area contributed by atoms with Gasteiger partial charge in [-0.15, -0.1) is 12.4 Å². The molecule has 0 atom stereocenters. The Hall–Kier alpha value is -2.97. The van der Waals surface area contributed by atoms with E-state index >= 15 is 0 Å². The number of nitrogens with one attached hydrogen (secondary N) is 1. The lowest BCUT2D eigenvalue weighted by atomic mass is 10.1. The number of fused-ring (bicyclic) bond motifs is 1. The van der Waals surface area contributed by atoms with Crippen molar-refractivity contribution in [3.8, 4) is 17.6 Å². The number of nitrogens with zero attached hydrogens (tertiary/aromatic N) is 2. The zero-order chi connectivity index (χ0) is 18.7. The molecule has 2 aromatic carbocycles. The van der Waals surface area contributed by atoms with Crippen molar-refractivity contribution >= 4 is 35.1 Å². The summed E-state index contributed by atoms with van der Waals surface area (Å²) < 4.78 is 11.1. The van der Waals surface area contributed by atoms with E-state index in [1.54, 1.807) is 13.2 Å². The van der Waals surface area contributed by atoms with Gasteiger partial charge in [-0.2, -0.15) is 5.26 Å². The molecule has 0 saturated heterocycles. The van der Waals surface area contributed by atoms with Gasteiger partial charge in [-0.3, -0.25) is 0 Å². The largest absolute Gasteiger partial charge is 0.493 e. The van der Waals surface area contributed by atoms with Crippen LogP contribution < -0.4 is 9.47 Å². The first kappa shape index (κ1) is 20.3. The molecule has 27 heavy (non-hydrogen) atoms. The Bertz CT molecular complexity index is 1020. The molecule has 3 rings (SSSR count). The maximum absolute atomic E-state index is 9.59. The molecule has 0 spiro atoms. The Kier molecular flexibility index (Phi) is 6.49. The Labute approximate surface area is 165 Å². The molecule has 3 aromatic rings. The van der Waals surface area contributed by atoms with Gasteiger partial charge < -0.3 is 14.5 Å². The lowest BCUT2D eigenvalue weighted by Gasteiger charge is -2.13. The second kappa shape index (κ2) is 8.61. The van der Waals surface area contributed by atoms with Gasteiger partial charge in [0.15, 0.2) is 11.5 Å². The second-order valence-electron chi connectivity index (χ2n) is 6.35. The topological polar surface area (TPSA) is 70.9 Å². The van der Waals surface area contributed by atoms with Crippen LogP contribution in [0.15, 0.2) is 36.4 Å². The zero-order valence-electron chi connectivity index (χ0n) is 15.7. The van der Waals surface area contributed by atoms with Crippen LogP contribution in [0, 0.1) is 18.3 Å². The summed E-state index contributed by atoms with van der Waals surface area (Å²) in [6.07, 6.45) is 1.84. The van der Waals surface area contributed by atoms with Crippen LogP contribution in [0.25, 0.3) is 22.7 Å². The number of ether oxygens (including phenoxy) is 2. The van der Waals surface area contributed by atoms with E-state index in [9.17, 15) is 5.26 Å². The first-order chi connectivity index (χ1) is 12.5. The molecule has 5 nitrogen and oxygen atoms in total. The predicted octanol–water partition coefficient (Wildman–Crippen LogP) is 5.15. The molecular formula is C21H22ClN3O2. The molecule has 0 radical (unpaired) electrons. The Morgan fingerprint density at radius 2 is 1.96 bits per heavy atom. The van der Waals surface area contributed by atoms with E-state index in [4.69, 9.17) is 9.47 Å². The average Bonchev–Trinajstić information content (AvgIpc) is 3.03. The van der Waals surface area contributed by atoms with Crippen LogP contribution in [-0.4, -0.2) is 23.2 Å². The van der Waals surface area contributed by atoms with Crippen LogP contribution in [-0.2, 0) is 0 Å². The minimum Gasteiger partial charge on any atom is -0.493 e.